The van der Waals surface area contributed by atoms with E-state index in [9.17, 15) is 17.6 Å². The van der Waals surface area contributed by atoms with Gasteiger partial charge in [-0.15, -0.1) is 0 Å². The van der Waals surface area contributed by atoms with E-state index in [0.717, 1.165) is 29.7 Å². The lowest BCUT2D eigenvalue weighted by Gasteiger charge is -2.06. The Balaban J connectivity index is 1.49. The molecule has 4 rings (SSSR count). The van der Waals surface area contributed by atoms with Crippen LogP contribution in [0.4, 0.5) is 17.6 Å². The fourth-order valence-corrected chi connectivity index (χ4v) is 3.57. The molecule has 0 saturated heterocycles. The largest absolute Gasteiger partial charge is 0.207 e. The van der Waals surface area contributed by atoms with Crippen LogP contribution in [0.5, 0.6) is 0 Å². The lowest BCUT2D eigenvalue weighted by Crippen LogP contribution is -1.97. The molecule has 0 bridgehead atoms. The summed E-state index contributed by atoms with van der Waals surface area (Å²) in [6, 6.07) is 17.2. The maximum atomic E-state index is 14.5. The maximum absolute atomic E-state index is 14.5. The monoisotopic (exact) mass is 432 g/mol. The highest BCUT2D eigenvalue weighted by atomic mass is 19.2. The first kappa shape index (κ1) is 21.6. The summed E-state index contributed by atoms with van der Waals surface area (Å²) in [5.41, 5.74) is 3.12. The van der Waals surface area contributed by atoms with E-state index >= 15 is 0 Å². The Bertz CT molecular complexity index is 1360. The van der Waals surface area contributed by atoms with Crippen molar-refractivity contribution >= 4 is 10.8 Å². The van der Waals surface area contributed by atoms with E-state index in [1.807, 2.05) is 13.0 Å². The molecule has 0 heterocycles. The van der Waals surface area contributed by atoms with E-state index in [0.29, 0.717) is 34.7 Å². The van der Waals surface area contributed by atoms with Gasteiger partial charge in [0, 0.05) is 5.56 Å². The minimum absolute atomic E-state index is 0.231. The lowest BCUT2D eigenvalue weighted by atomic mass is 10.0. The van der Waals surface area contributed by atoms with E-state index in [2.05, 4.69) is 11.8 Å². The van der Waals surface area contributed by atoms with Crippen molar-refractivity contribution in [2.75, 3.05) is 0 Å². The van der Waals surface area contributed by atoms with Crippen LogP contribution in [0.25, 0.3) is 10.8 Å². The van der Waals surface area contributed by atoms with Crippen molar-refractivity contribution in [3.8, 4) is 11.8 Å². The first-order valence-corrected chi connectivity index (χ1v) is 10.4. The first-order valence-electron chi connectivity index (χ1n) is 10.4. The summed E-state index contributed by atoms with van der Waals surface area (Å²) < 4.78 is 55.5. The molecule has 32 heavy (non-hydrogen) atoms. The molecule has 0 saturated carbocycles. The quantitative estimate of drug-likeness (QED) is 0.237. The van der Waals surface area contributed by atoms with Gasteiger partial charge in [0.05, 0.1) is 5.56 Å². The Morgan fingerprint density at radius 3 is 2.03 bits per heavy atom. The summed E-state index contributed by atoms with van der Waals surface area (Å²) in [7, 11) is 0. The van der Waals surface area contributed by atoms with Crippen molar-refractivity contribution in [1.82, 2.24) is 0 Å². The summed E-state index contributed by atoms with van der Waals surface area (Å²) in [6.45, 7) is 1.97. The second kappa shape index (κ2) is 9.28. The fourth-order valence-electron chi connectivity index (χ4n) is 3.57. The Morgan fingerprint density at radius 2 is 1.31 bits per heavy atom. The van der Waals surface area contributed by atoms with Crippen LogP contribution in [0.1, 0.15) is 34.7 Å². The zero-order valence-corrected chi connectivity index (χ0v) is 17.5. The predicted octanol–water partition coefficient (Wildman–Crippen LogP) is 7.14. The summed E-state index contributed by atoms with van der Waals surface area (Å²) in [5.74, 6) is 3.14. The maximum Gasteiger partial charge on any atom is 0.159 e. The second-order valence-corrected chi connectivity index (χ2v) is 7.67. The van der Waals surface area contributed by atoms with Gasteiger partial charge in [-0.2, -0.15) is 0 Å². The molecule has 0 aromatic heterocycles. The molecule has 160 valence electrons. The van der Waals surface area contributed by atoms with Gasteiger partial charge in [0.1, 0.15) is 11.6 Å². The average Bonchev–Trinajstić information content (AvgIpc) is 2.78. The van der Waals surface area contributed by atoms with Crippen LogP contribution in [0, 0.1) is 35.1 Å². The third kappa shape index (κ3) is 4.84. The Hall–Kier alpha value is -3.58. The standard InChI is InChI=1S/C28H20F4/c1-2-18-3-8-21(25(29)14-18)10-5-20-6-11-22(26(30)15-20)9-4-19-7-12-23-16-27(31)28(32)17-24(23)13-19/h3,6-8,11-17H,2,5,10H2,1H3. The van der Waals surface area contributed by atoms with Crippen LogP contribution in [0.2, 0.25) is 0 Å². The summed E-state index contributed by atoms with van der Waals surface area (Å²) in [6.07, 6.45) is 1.77. The second-order valence-electron chi connectivity index (χ2n) is 7.67. The average molecular weight is 432 g/mol. The topological polar surface area (TPSA) is 0 Å². The molecule has 4 aromatic carbocycles. The zero-order valence-electron chi connectivity index (χ0n) is 17.5. The van der Waals surface area contributed by atoms with Crippen LogP contribution in [-0.2, 0) is 19.3 Å². The fraction of sp³-hybridized carbons (Fsp3) is 0.143. The van der Waals surface area contributed by atoms with Crippen molar-refractivity contribution in [1.29, 1.82) is 0 Å². The normalized spacial score (nSPS) is 10.8. The van der Waals surface area contributed by atoms with E-state index in [4.69, 9.17) is 0 Å². The highest BCUT2D eigenvalue weighted by Crippen LogP contribution is 2.20. The number of benzene rings is 4. The van der Waals surface area contributed by atoms with Crippen LogP contribution in [-0.4, -0.2) is 0 Å². The van der Waals surface area contributed by atoms with E-state index in [1.54, 1.807) is 42.5 Å². The minimum Gasteiger partial charge on any atom is -0.207 e. The predicted molar refractivity (Wildman–Crippen MR) is 119 cm³/mol. The lowest BCUT2D eigenvalue weighted by molar-refractivity contribution is 0.511. The molecular formula is C28H20F4. The summed E-state index contributed by atoms with van der Waals surface area (Å²) in [5, 5.41) is 1.08. The van der Waals surface area contributed by atoms with Gasteiger partial charge in [-0.05, 0) is 89.2 Å². The molecular weight excluding hydrogens is 412 g/mol. The van der Waals surface area contributed by atoms with Gasteiger partial charge in [0.15, 0.2) is 11.6 Å². The highest BCUT2D eigenvalue weighted by molar-refractivity contribution is 5.84. The van der Waals surface area contributed by atoms with Gasteiger partial charge >= 0.3 is 0 Å². The molecule has 0 aliphatic rings. The molecule has 0 atom stereocenters. The van der Waals surface area contributed by atoms with Gasteiger partial charge in [-0.1, -0.05) is 43.0 Å². The zero-order chi connectivity index (χ0) is 22.7. The third-order valence-corrected chi connectivity index (χ3v) is 5.46. The first-order chi connectivity index (χ1) is 15.4. The van der Waals surface area contributed by atoms with Gasteiger partial charge < -0.3 is 0 Å². The van der Waals surface area contributed by atoms with Crippen molar-refractivity contribution in [2.24, 2.45) is 0 Å². The molecule has 0 N–H and O–H groups in total. The summed E-state index contributed by atoms with van der Waals surface area (Å²) in [4.78, 5) is 0. The number of aryl methyl sites for hydroxylation is 3. The van der Waals surface area contributed by atoms with Crippen molar-refractivity contribution in [2.45, 2.75) is 26.2 Å². The summed E-state index contributed by atoms with van der Waals surface area (Å²) >= 11 is 0. The Labute approximate surface area is 184 Å². The molecule has 0 nitrogen and oxygen atoms in total. The molecule has 0 fully saturated rings. The van der Waals surface area contributed by atoms with Crippen LogP contribution >= 0.6 is 0 Å². The van der Waals surface area contributed by atoms with E-state index < -0.39 is 17.5 Å². The number of rotatable bonds is 4. The number of hydrogen-bond donors (Lipinski definition) is 0. The SMILES string of the molecule is CCc1ccc(CCc2ccc(C#Cc3ccc4cc(F)c(F)cc4c3)c(F)c2)c(F)c1. The Morgan fingerprint density at radius 1 is 0.594 bits per heavy atom. The van der Waals surface area contributed by atoms with Crippen molar-refractivity contribution in [3.63, 3.8) is 0 Å². The molecule has 0 aliphatic heterocycles. The van der Waals surface area contributed by atoms with Gasteiger partial charge in [0.25, 0.3) is 0 Å². The van der Waals surface area contributed by atoms with E-state index in [1.165, 1.54) is 6.07 Å². The van der Waals surface area contributed by atoms with Crippen molar-refractivity contribution < 1.29 is 17.6 Å². The van der Waals surface area contributed by atoms with Gasteiger partial charge in [-0.25, -0.2) is 17.6 Å². The number of halogens is 4. The number of hydrogen-bond acceptors (Lipinski definition) is 0. The third-order valence-electron chi connectivity index (χ3n) is 5.46. The molecule has 0 unspecified atom stereocenters. The molecule has 0 amide bonds. The van der Waals surface area contributed by atoms with Crippen LogP contribution < -0.4 is 0 Å². The highest BCUT2D eigenvalue weighted by Gasteiger charge is 2.07. The van der Waals surface area contributed by atoms with Crippen LogP contribution in [0.15, 0.2) is 66.7 Å². The van der Waals surface area contributed by atoms with Gasteiger partial charge in [0.2, 0.25) is 0 Å². The molecule has 0 aliphatic carbocycles. The van der Waals surface area contributed by atoms with Crippen molar-refractivity contribution in [3.05, 3.63) is 118 Å². The number of fused-ring (bicyclic) bond motifs is 1. The molecule has 4 heteroatoms. The molecule has 0 spiro atoms. The smallest absolute Gasteiger partial charge is 0.159 e. The molecule has 4 aromatic rings. The van der Waals surface area contributed by atoms with E-state index in [-0.39, 0.29) is 11.4 Å². The minimum atomic E-state index is -0.926. The van der Waals surface area contributed by atoms with Gasteiger partial charge in [-0.3, -0.25) is 0 Å². The Kier molecular flexibility index (Phi) is 6.28. The van der Waals surface area contributed by atoms with Crippen LogP contribution in [0.3, 0.4) is 0 Å². The molecule has 0 radical (unpaired) electrons.